The van der Waals surface area contributed by atoms with Crippen LogP contribution in [-0.4, -0.2) is 5.97 Å². The molecule has 1 rings (SSSR count). The van der Waals surface area contributed by atoms with Crippen molar-refractivity contribution >= 4 is 5.97 Å². The van der Waals surface area contributed by atoms with E-state index < -0.39 is 5.97 Å². The van der Waals surface area contributed by atoms with Crippen molar-refractivity contribution < 1.29 is 9.90 Å². The van der Waals surface area contributed by atoms with Gasteiger partial charge in [-0.1, -0.05) is 39.0 Å². The standard InChI is InChI=1S/C12H17NO2/c1-12(2,3)10-8(7-13)5-4-6-9(10)11(14)15/h4-6H,7,13H2,1-3H3,(H,14,15)/p-1. The topological polar surface area (TPSA) is 66.2 Å². The molecule has 0 saturated heterocycles. The maximum atomic E-state index is 11.0. The SMILES string of the molecule is CC(C)(C)c1c(CN)cccc1C(=O)[O-]. The van der Waals surface area contributed by atoms with E-state index in [1.54, 1.807) is 12.1 Å². The Morgan fingerprint density at radius 3 is 2.40 bits per heavy atom. The van der Waals surface area contributed by atoms with Crippen LogP contribution in [-0.2, 0) is 12.0 Å². The van der Waals surface area contributed by atoms with Gasteiger partial charge in [0.1, 0.15) is 0 Å². The second-order valence-corrected chi connectivity index (χ2v) is 4.58. The predicted molar refractivity (Wildman–Crippen MR) is 57.4 cm³/mol. The Labute approximate surface area is 89.9 Å². The molecule has 0 heterocycles. The third kappa shape index (κ3) is 2.36. The highest BCUT2D eigenvalue weighted by Gasteiger charge is 2.21. The van der Waals surface area contributed by atoms with Gasteiger partial charge >= 0.3 is 0 Å². The second-order valence-electron chi connectivity index (χ2n) is 4.58. The van der Waals surface area contributed by atoms with E-state index in [9.17, 15) is 9.90 Å². The van der Waals surface area contributed by atoms with Gasteiger partial charge in [0.25, 0.3) is 0 Å². The summed E-state index contributed by atoms with van der Waals surface area (Å²) in [4.78, 5) is 11.0. The van der Waals surface area contributed by atoms with Crippen molar-refractivity contribution in [1.29, 1.82) is 0 Å². The summed E-state index contributed by atoms with van der Waals surface area (Å²) in [5, 5.41) is 11.0. The summed E-state index contributed by atoms with van der Waals surface area (Å²) in [6.07, 6.45) is 0. The van der Waals surface area contributed by atoms with Gasteiger partial charge in [-0.3, -0.25) is 0 Å². The average molecular weight is 206 g/mol. The van der Waals surface area contributed by atoms with E-state index in [1.807, 2.05) is 26.8 Å². The van der Waals surface area contributed by atoms with E-state index >= 15 is 0 Å². The minimum atomic E-state index is -1.14. The first-order chi connectivity index (χ1) is 6.88. The molecule has 3 nitrogen and oxygen atoms in total. The highest BCUT2D eigenvalue weighted by molar-refractivity contribution is 5.88. The van der Waals surface area contributed by atoms with Crippen LogP contribution in [0.3, 0.4) is 0 Å². The molecular weight excluding hydrogens is 190 g/mol. The molecule has 2 N–H and O–H groups in total. The van der Waals surface area contributed by atoms with Gasteiger partial charge in [-0.25, -0.2) is 0 Å². The molecule has 0 spiro atoms. The molecule has 0 fully saturated rings. The summed E-state index contributed by atoms with van der Waals surface area (Å²) in [7, 11) is 0. The van der Waals surface area contributed by atoms with Crippen molar-refractivity contribution in [2.75, 3.05) is 0 Å². The van der Waals surface area contributed by atoms with Gasteiger partial charge < -0.3 is 15.6 Å². The van der Waals surface area contributed by atoms with Crippen molar-refractivity contribution in [3.63, 3.8) is 0 Å². The fourth-order valence-corrected chi connectivity index (χ4v) is 1.83. The molecule has 1 aromatic rings. The van der Waals surface area contributed by atoms with Crippen LogP contribution < -0.4 is 10.8 Å². The van der Waals surface area contributed by atoms with Crippen LogP contribution >= 0.6 is 0 Å². The molecule has 0 saturated carbocycles. The predicted octanol–water partition coefficient (Wildman–Crippen LogP) is 0.806. The van der Waals surface area contributed by atoms with E-state index in [0.717, 1.165) is 11.1 Å². The number of hydrogen-bond donors (Lipinski definition) is 1. The summed E-state index contributed by atoms with van der Waals surface area (Å²) in [6.45, 7) is 6.24. The normalized spacial score (nSPS) is 11.5. The summed E-state index contributed by atoms with van der Waals surface area (Å²) in [5.41, 5.74) is 7.24. The van der Waals surface area contributed by atoms with Crippen LogP contribution in [0, 0.1) is 0 Å². The highest BCUT2D eigenvalue weighted by atomic mass is 16.4. The molecule has 0 amide bonds. The molecule has 0 aliphatic heterocycles. The smallest absolute Gasteiger partial charge is 0.0718 e. The Morgan fingerprint density at radius 2 is 2.00 bits per heavy atom. The highest BCUT2D eigenvalue weighted by Crippen LogP contribution is 2.28. The molecule has 0 bridgehead atoms. The van der Waals surface area contributed by atoms with Crippen LogP contribution in [0.1, 0.15) is 42.3 Å². The van der Waals surface area contributed by atoms with Gasteiger partial charge in [-0.15, -0.1) is 0 Å². The summed E-state index contributed by atoms with van der Waals surface area (Å²) >= 11 is 0. The molecule has 0 radical (unpaired) electrons. The zero-order valence-electron chi connectivity index (χ0n) is 9.33. The van der Waals surface area contributed by atoms with E-state index in [2.05, 4.69) is 0 Å². The van der Waals surface area contributed by atoms with Gasteiger partial charge in [-0.2, -0.15) is 0 Å². The Hall–Kier alpha value is -1.35. The molecule has 0 unspecified atom stereocenters. The van der Waals surface area contributed by atoms with E-state index in [-0.39, 0.29) is 11.0 Å². The number of carboxylic acid groups (broad SMARTS) is 1. The molecule has 1 aromatic carbocycles. The van der Waals surface area contributed by atoms with Crippen molar-refractivity contribution in [3.8, 4) is 0 Å². The molecule has 0 aliphatic rings. The third-order valence-electron chi connectivity index (χ3n) is 2.34. The number of carbonyl (C=O) groups excluding carboxylic acids is 1. The van der Waals surface area contributed by atoms with Crippen LogP contribution in [0.25, 0.3) is 0 Å². The van der Waals surface area contributed by atoms with Crippen molar-refractivity contribution in [2.45, 2.75) is 32.7 Å². The first-order valence-electron chi connectivity index (χ1n) is 4.91. The first-order valence-corrected chi connectivity index (χ1v) is 4.91. The molecular formula is C12H16NO2-. The molecule has 3 heteroatoms. The van der Waals surface area contributed by atoms with Crippen LogP contribution in [0.4, 0.5) is 0 Å². The quantitative estimate of drug-likeness (QED) is 0.778. The largest absolute Gasteiger partial charge is 0.545 e. The van der Waals surface area contributed by atoms with Crippen molar-refractivity contribution in [2.24, 2.45) is 5.73 Å². The zero-order valence-corrected chi connectivity index (χ0v) is 9.33. The fourth-order valence-electron chi connectivity index (χ4n) is 1.83. The lowest BCUT2D eigenvalue weighted by molar-refractivity contribution is -0.255. The summed E-state index contributed by atoms with van der Waals surface area (Å²) < 4.78 is 0. The van der Waals surface area contributed by atoms with E-state index in [1.165, 1.54) is 0 Å². The number of hydrogen-bond acceptors (Lipinski definition) is 3. The van der Waals surface area contributed by atoms with Gasteiger partial charge in [0.2, 0.25) is 0 Å². The Morgan fingerprint density at radius 1 is 1.40 bits per heavy atom. The molecule has 0 atom stereocenters. The second kappa shape index (κ2) is 4.03. The lowest BCUT2D eigenvalue weighted by Gasteiger charge is -2.26. The molecule has 82 valence electrons. The monoisotopic (exact) mass is 206 g/mol. The number of carboxylic acids is 1. The number of rotatable bonds is 2. The first kappa shape index (κ1) is 11.7. The molecule has 15 heavy (non-hydrogen) atoms. The van der Waals surface area contributed by atoms with Gasteiger partial charge in [0, 0.05) is 12.1 Å². The van der Waals surface area contributed by atoms with Gasteiger partial charge in [0.05, 0.1) is 5.97 Å². The molecule has 0 aromatic heterocycles. The zero-order chi connectivity index (χ0) is 11.6. The van der Waals surface area contributed by atoms with E-state index in [0.29, 0.717) is 6.54 Å². The van der Waals surface area contributed by atoms with Crippen molar-refractivity contribution in [3.05, 3.63) is 34.9 Å². The lowest BCUT2D eigenvalue weighted by Crippen LogP contribution is -2.28. The molecule has 0 aliphatic carbocycles. The average Bonchev–Trinajstić information content (AvgIpc) is 2.15. The Bertz CT molecular complexity index is 378. The number of aromatic carboxylic acids is 1. The lowest BCUT2D eigenvalue weighted by atomic mass is 9.80. The van der Waals surface area contributed by atoms with Crippen LogP contribution in [0.2, 0.25) is 0 Å². The number of carbonyl (C=O) groups is 1. The maximum Gasteiger partial charge on any atom is 0.0718 e. The third-order valence-corrected chi connectivity index (χ3v) is 2.34. The Balaban J connectivity index is 3.47. The maximum absolute atomic E-state index is 11.0. The number of benzene rings is 1. The Kier molecular flexibility index (Phi) is 3.15. The van der Waals surface area contributed by atoms with Crippen molar-refractivity contribution in [1.82, 2.24) is 0 Å². The van der Waals surface area contributed by atoms with Gasteiger partial charge in [-0.05, 0) is 16.5 Å². The van der Waals surface area contributed by atoms with Crippen LogP contribution in [0.15, 0.2) is 18.2 Å². The number of nitrogens with two attached hydrogens (primary N) is 1. The van der Waals surface area contributed by atoms with Gasteiger partial charge in [0.15, 0.2) is 0 Å². The minimum Gasteiger partial charge on any atom is -0.545 e. The fraction of sp³-hybridized carbons (Fsp3) is 0.417. The minimum absolute atomic E-state index is 0.241. The summed E-state index contributed by atoms with van der Waals surface area (Å²) in [6, 6.07) is 5.12. The van der Waals surface area contributed by atoms with E-state index in [4.69, 9.17) is 5.73 Å². The van der Waals surface area contributed by atoms with Crippen LogP contribution in [0.5, 0.6) is 0 Å². The summed E-state index contributed by atoms with van der Waals surface area (Å²) in [5.74, 6) is -1.14.